The van der Waals surface area contributed by atoms with Crippen LogP contribution in [0.3, 0.4) is 0 Å². The molecule has 7 nitrogen and oxygen atoms in total. The zero-order valence-electron chi connectivity index (χ0n) is 16.0. The predicted octanol–water partition coefficient (Wildman–Crippen LogP) is 2.78. The largest absolute Gasteiger partial charge is 0.394 e. The molecular weight excluding hydrogens is 395 g/mol. The fourth-order valence-corrected chi connectivity index (χ4v) is 3.52. The minimum atomic E-state index is -0.980. The third-order valence-corrected chi connectivity index (χ3v) is 4.85. The molecule has 0 aliphatic carbocycles. The van der Waals surface area contributed by atoms with Gasteiger partial charge in [0.05, 0.1) is 30.6 Å². The number of pyridine rings is 1. The van der Waals surface area contributed by atoms with Gasteiger partial charge in [-0.3, -0.25) is 4.79 Å². The molecule has 29 heavy (non-hydrogen) atoms. The lowest BCUT2D eigenvalue weighted by Gasteiger charge is -2.15. The average molecular weight is 416 g/mol. The molecule has 2 aromatic heterocycles. The molecule has 3 N–H and O–H groups in total. The summed E-state index contributed by atoms with van der Waals surface area (Å²) >= 11 is 1.39. The van der Waals surface area contributed by atoms with Crippen molar-refractivity contribution in [1.82, 2.24) is 14.5 Å². The highest BCUT2D eigenvalue weighted by Gasteiger charge is 2.22. The lowest BCUT2D eigenvalue weighted by Crippen LogP contribution is -2.21. The molecule has 3 rings (SSSR count). The number of nitrogens with zero attached hydrogens (tertiary/aromatic N) is 3. The smallest absolute Gasteiger partial charge is 0.222 e. The van der Waals surface area contributed by atoms with Crippen molar-refractivity contribution in [2.24, 2.45) is 0 Å². The van der Waals surface area contributed by atoms with E-state index in [1.165, 1.54) is 30.8 Å². The number of aliphatic hydroxyl groups is 2. The number of imidazole rings is 1. The van der Waals surface area contributed by atoms with Crippen LogP contribution < -0.4 is 5.32 Å². The van der Waals surface area contributed by atoms with Crippen LogP contribution in [0.5, 0.6) is 0 Å². The zero-order valence-corrected chi connectivity index (χ0v) is 16.8. The second-order valence-corrected chi connectivity index (χ2v) is 7.13. The number of halogens is 1. The van der Waals surface area contributed by atoms with E-state index in [0.29, 0.717) is 33.5 Å². The Morgan fingerprint density at radius 3 is 2.62 bits per heavy atom. The predicted molar refractivity (Wildman–Crippen MR) is 110 cm³/mol. The molecule has 1 unspecified atom stereocenters. The molecule has 0 saturated heterocycles. The molecule has 0 bridgehead atoms. The number of nitrogens with one attached hydrogen (secondary N) is 1. The average Bonchev–Trinajstić information content (AvgIpc) is 3.06. The Balaban J connectivity index is 2.22. The number of hydrogen-bond donors (Lipinski definition) is 3. The Morgan fingerprint density at radius 1 is 1.28 bits per heavy atom. The highest BCUT2D eigenvalue weighted by atomic mass is 32.2. The Labute approximate surface area is 171 Å². The topological polar surface area (TPSA) is 100 Å². The molecule has 1 aromatic carbocycles. The van der Waals surface area contributed by atoms with Gasteiger partial charge < -0.3 is 20.1 Å². The van der Waals surface area contributed by atoms with Gasteiger partial charge in [-0.25, -0.2) is 14.4 Å². The van der Waals surface area contributed by atoms with Crippen LogP contribution in [-0.2, 0) is 11.3 Å². The molecule has 2 heterocycles. The first-order valence-electron chi connectivity index (χ1n) is 8.86. The van der Waals surface area contributed by atoms with Gasteiger partial charge in [-0.05, 0) is 42.7 Å². The van der Waals surface area contributed by atoms with Crippen LogP contribution in [-0.4, -0.2) is 49.6 Å². The van der Waals surface area contributed by atoms with Gasteiger partial charge >= 0.3 is 0 Å². The number of benzene rings is 1. The number of anilines is 1. The van der Waals surface area contributed by atoms with Gasteiger partial charge in [0.1, 0.15) is 11.6 Å². The molecule has 152 valence electrons. The van der Waals surface area contributed by atoms with Crippen molar-refractivity contribution in [2.45, 2.75) is 24.7 Å². The van der Waals surface area contributed by atoms with Gasteiger partial charge in [0.25, 0.3) is 0 Å². The lowest BCUT2D eigenvalue weighted by molar-refractivity contribution is -0.114. The highest BCUT2D eigenvalue weighted by molar-refractivity contribution is 7.98. The molecule has 1 atom stereocenters. The second-order valence-electron chi connectivity index (χ2n) is 6.36. The van der Waals surface area contributed by atoms with Crippen molar-refractivity contribution in [3.63, 3.8) is 0 Å². The summed E-state index contributed by atoms with van der Waals surface area (Å²) in [7, 11) is 0. The number of thioether (sulfide) groups is 1. The molecule has 0 spiro atoms. The van der Waals surface area contributed by atoms with Crippen LogP contribution in [0.1, 0.15) is 6.92 Å². The summed E-state index contributed by atoms with van der Waals surface area (Å²) in [5, 5.41) is 22.7. The number of amides is 1. The summed E-state index contributed by atoms with van der Waals surface area (Å²) in [5.41, 5.74) is 2.68. The Bertz CT molecular complexity index is 1010. The van der Waals surface area contributed by atoms with Crippen molar-refractivity contribution in [1.29, 1.82) is 0 Å². The van der Waals surface area contributed by atoms with E-state index in [1.807, 2.05) is 6.26 Å². The van der Waals surface area contributed by atoms with Crippen molar-refractivity contribution in [3.8, 4) is 22.5 Å². The third-order valence-electron chi connectivity index (χ3n) is 4.17. The monoisotopic (exact) mass is 416 g/mol. The molecular formula is C20H21FN4O3S. The van der Waals surface area contributed by atoms with Crippen LogP contribution >= 0.6 is 11.8 Å². The first kappa shape index (κ1) is 21.0. The Kier molecular flexibility index (Phi) is 6.63. The number of carbonyl (C=O) groups excluding carboxylic acids is 1. The van der Waals surface area contributed by atoms with Crippen LogP contribution in [0.2, 0.25) is 0 Å². The number of hydrogen-bond acceptors (Lipinski definition) is 6. The molecule has 0 aliphatic rings. The summed E-state index contributed by atoms with van der Waals surface area (Å²) in [4.78, 5) is 20.2. The number of carbonyl (C=O) groups is 1. The summed E-state index contributed by atoms with van der Waals surface area (Å²) in [6.07, 6.45) is 2.44. The van der Waals surface area contributed by atoms with E-state index in [-0.39, 0.29) is 18.3 Å². The first-order chi connectivity index (χ1) is 13.9. The fraction of sp³-hybridized carbons (Fsp3) is 0.250. The zero-order chi connectivity index (χ0) is 21.0. The summed E-state index contributed by atoms with van der Waals surface area (Å²) < 4.78 is 15.2. The maximum atomic E-state index is 13.4. The molecule has 0 saturated carbocycles. The highest BCUT2D eigenvalue weighted by Crippen LogP contribution is 2.36. The van der Waals surface area contributed by atoms with Gasteiger partial charge in [-0.2, -0.15) is 0 Å². The Morgan fingerprint density at radius 2 is 2.00 bits per heavy atom. The van der Waals surface area contributed by atoms with E-state index in [4.69, 9.17) is 0 Å². The standard InChI is InChI=1S/C20H21FN4O3S/c1-12(27)23-17-9-14(7-8-22-17)19-18(13-3-5-15(21)6-4-13)24-20(29-2)25(19)10-16(28)11-26/h3-9,16,26,28H,10-11H2,1-2H3,(H,22,23,27). The first-order valence-corrected chi connectivity index (χ1v) is 10.1. The fourth-order valence-electron chi connectivity index (χ4n) is 2.95. The summed E-state index contributed by atoms with van der Waals surface area (Å²) in [6.45, 7) is 1.12. The molecule has 3 aromatic rings. The van der Waals surface area contributed by atoms with Gasteiger partial charge in [0, 0.05) is 24.2 Å². The van der Waals surface area contributed by atoms with Crippen LogP contribution in [0, 0.1) is 5.82 Å². The molecule has 9 heteroatoms. The van der Waals surface area contributed by atoms with E-state index < -0.39 is 12.7 Å². The van der Waals surface area contributed by atoms with E-state index in [2.05, 4.69) is 15.3 Å². The molecule has 0 aliphatic heterocycles. The minimum absolute atomic E-state index is 0.119. The molecule has 0 fully saturated rings. The molecule has 0 radical (unpaired) electrons. The lowest BCUT2D eigenvalue weighted by atomic mass is 10.1. The number of aromatic nitrogens is 3. The van der Waals surface area contributed by atoms with E-state index in [1.54, 1.807) is 35.0 Å². The van der Waals surface area contributed by atoms with Crippen molar-refractivity contribution in [3.05, 3.63) is 48.4 Å². The third kappa shape index (κ3) is 4.81. The van der Waals surface area contributed by atoms with Crippen molar-refractivity contribution >= 4 is 23.5 Å². The van der Waals surface area contributed by atoms with Gasteiger partial charge in [0.2, 0.25) is 5.91 Å². The molecule has 1 amide bonds. The SMILES string of the molecule is CSc1nc(-c2ccc(F)cc2)c(-c2ccnc(NC(C)=O)c2)n1CC(O)CO. The summed E-state index contributed by atoms with van der Waals surface area (Å²) in [5.74, 6) is -0.226. The van der Waals surface area contributed by atoms with Crippen molar-refractivity contribution < 1.29 is 19.4 Å². The van der Waals surface area contributed by atoms with Gasteiger partial charge in [-0.1, -0.05) is 11.8 Å². The van der Waals surface area contributed by atoms with Gasteiger partial charge in [-0.15, -0.1) is 0 Å². The van der Waals surface area contributed by atoms with E-state index in [9.17, 15) is 19.4 Å². The number of aliphatic hydroxyl groups excluding tert-OH is 2. The second kappa shape index (κ2) is 9.17. The van der Waals surface area contributed by atoms with Crippen LogP contribution in [0.4, 0.5) is 10.2 Å². The van der Waals surface area contributed by atoms with Gasteiger partial charge in [0.15, 0.2) is 5.16 Å². The van der Waals surface area contributed by atoms with Crippen molar-refractivity contribution in [2.75, 3.05) is 18.2 Å². The van der Waals surface area contributed by atoms with Crippen LogP contribution in [0.25, 0.3) is 22.5 Å². The van der Waals surface area contributed by atoms with E-state index >= 15 is 0 Å². The maximum absolute atomic E-state index is 13.4. The summed E-state index contributed by atoms with van der Waals surface area (Å²) in [6, 6.07) is 9.45. The van der Waals surface area contributed by atoms with E-state index in [0.717, 1.165) is 0 Å². The number of rotatable bonds is 7. The van der Waals surface area contributed by atoms with Crippen LogP contribution in [0.15, 0.2) is 47.8 Å². The normalized spacial score (nSPS) is 12.0. The maximum Gasteiger partial charge on any atom is 0.222 e. The Hall–Kier alpha value is -2.75. The minimum Gasteiger partial charge on any atom is -0.394 e. The quantitative estimate of drug-likeness (QED) is 0.512.